The third-order valence-electron chi connectivity index (χ3n) is 3.94. The highest BCUT2D eigenvalue weighted by Crippen LogP contribution is 2.31. The topological polar surface area (TPSA) is 86.5 Å². The first-order valence-corrected chi connectivity index (χ1v) is 8.26. The van der Waals surface area contributed by atoms with E-state index >= 15 is 0 Å². The van der Waals surface area contributed by atoms with Crippen LogP contribution in [-0.4, -0.2) is 33.2 Å². The van der Waals surface area contributed by atoms with Gasteiger partial charge in [0.15, 0.2) is 0 Å². The zero-order chi connectivity index (χ0) is 21.3. The highest BCUT2D eigenvalue weighted by Gasteiger charge is 2.31. The smallest absolute Gasteiger partial charge is 0.416 e. The van der Waals surface area contributed by atoms with Crippen molar-refractivity contribution < 1.29 is 32.5 Å². The summed E-state index contributed by atoms with van der Waals surface area (Å²) in [4.78, 5) is 12.7. The number of halogens is 3. The molecule has 0 fully saturated rings. The number of hydrogen-bond acceptors (Lipinski definition) is 6. The fourth-order valence-electron chi connectivity index (χ4n) is 2.46. The van der Waals surface area contributed by atoms with Crippen molar-refractivity contribution in [2.24, 2.45) is 0 Å². The van der Waals surface area contributed by atoms with Crippen LogP contribution in [0.2, 0.25) is 0 Å². The van der Waals surface area contributed by atoms with Gasteiger partial charge in [0.05, 0.1) is 18.4 Å². The van der Waals surface area contributed by atoms with E-state index < -0.39 is 24.0 Å². The molecule has 3 rings (SSSR count). The number of benzene rings is 2. The number of alkyl halides is 3. The van der Waals surface area contributed by atoms with Gasteiger partial charge in [-0.15, -0.1) is 10.2 Å². The third kappa shape index (κ3) is 4.37. The number of carbonyl (C=O) groups excluding carboxylic acids is 1. The average Bonchev–Trinajstić information content (AvgIpc) is 3.10. The first-order chi connectivity index (χ1) is 13.6. The SMILES string of the molecule is C=C(C)C(=O)OC(O)c1cc(OC)cc(-n2nc3ccc(C(F)(F)F)cc3n2)c1. The number of fused-ring (bicyclic) bond motifs is 1. The summed E-state index contributed by atoms with van der Waals surface area (Å²) in [6, 6.07) is 7.39. The Balaban J connectivity index is 2.01. The van der Waals surface area contributed by atoms with Crippen molar-refractivity contribution in [3.05, 3.63) is 59.7 Å². The quantitative estimate of drug-likeness (QED) is 0.395. The highest BCUT2D eigenvalue weighted by atomic mass is 19.4. The molecule has 10 heteroatoms. The Kier molecular flexibility index (Phi) is 5.29. The number of carbonyl (C=O) groups is 1. The van der Waals surface area contributed by atoms with Crippen LogP contribution in [0, 0.1) is 0 Å². The molecule has 0 saturated carbocycles. The van der Waals surface area contributed by atoms with E-state index in [1.54, 1.807) is 0 Å². The molecular formula is C19H16F3N3O4. The lowest BCUT2D eigenvalue weighted by Gasteiger charge is -2.14. The fourth-order valence-corrected chi connectivity index (χ4v) is 2.46. The summed E-state index contributed by atoms with van der Waals surface area (Å²) in [5, 5.41) is 18.4. The van der Waals surface area contributed by atoms with Gasteiger partial charge in [0.25, 0.3) is 0 Å². The highest BCUT2D eigenvalue weighted by molar-refractivity contribution is 5.87. The summed E-state index contributed by atoms with van der Waals surface area (Å²) in [6.45, 7) is 4.87. The number of aliphatic hydroxyl groups excluding tert-OH is 1. The number of methoxy groups -OCH3 is 1. The van der Waals surface area contributed by atoms with Gasteiger partial charge >= 0.3 is 12.1 Å². The second-order valence-electron chi connectivity index (χ2n) is 6.19. The lowest BCUT2D eigenvalue weighted by molar-refractivity contribution is -0.164. The molecular weight excluding hydrogens is 391 g/mol. The number of aromatic nitrogens is 3. The molecule has 0 spiro atoms. The molecule has 152 valence electrons. The molecule has 0 aliphatic heterocycles. The van der Waals surface area contributed by atoms with Crippen LogP contribution in [0.25, 0.3) is 16.7 Å². The molecule has 2 aromatic carbocycles. The molecule has 1 aromatic heterocycles. The Bertz CT molecular complexity index is 1090. The van der Waals surface area contributed by atoms with Gasteiger partial charge < -0.3 is 14.6 Å². The summed E-state index contributed by atoms with van der Waals surface area (Å²) in [5.74, 6) is -0.496. The number of hydrogen-bond donors (Lipinski definition) is 1. The summed E-state index contributed by atoms with van der Waals surface area (Å²) in [7, 11) is 1.39. The predicted molar refractivity (Wildman–Crippen MR) is 96.3 cm³/mol. The van der Waals surface area contributed by atoms with E-state index in [1.165, 1.54) is 38.3 Å². The Morgan fingerprint density at radius 3 is 2.48 bits per heavy atom. The van der Waals surface area contributed by atoms with Crippen LogP contribution in [0.3, 0.4) is 0 Å². The summed E-state index contributed by atoms with van der Waals surface area (Å²) in [5.41, 5.74) is -0.00552. The lowest BCUT2D eigenvalue weighted by atomic mass is 10.2. The van der Waals surface area contributed by atoms with E-state index in [1.807, 2.05) is 0 Å². The molecule has 0 amide bonds. The number of ether oxygens (including phenoxy) is 2. The molecule has 0 aliphatic carbocycles. The second kappa shape index (κ2) is 7.55. The normalized spacial score (nSPS) is 12.6. The Morgan fingerprint density at radius 1 is 1.17 bits per heavy atom. The molecule has 1 N–H and O–H groups in total. The van der Waals surface area contributed by atoms with E-state index in [0.29, 0.717) is 5.75 Å². The number of nitrogens with zero attached hydrogens (tertiary/aromatic N) is 3. The van der Waals surface area contributed by atoms with Crippen LogP contribution >= 0.6 is 0 Å². The summed E-state index contributed by atoms with van der Waals surface area (Å²) in [6.07, 6.45) is -6.12. The van der Waals surface area contributed by atoms with Crippen LogP contribution in [0.1, 0.15) is 24.3 Å². The maximum absolute atomic E-state index is 12.9. The van der Waals surface area contributed by atoms with Crippen LogP contribution in [0.5, 0.6) is 5.75 Å². The molecule has 29 heavy (non-hydrogen) atoms. The van der Waals surface area contributed by atoms with E-state index in [0.717, 1.165) is 16.9 Å². The van der Waals surface area contributed by atoms with Gasteiger partial charge in [0.1, 0.15) is 16.8 Å². The molecule has 0 radical (unpaired) electrons. The number of esters is 1. The van der Waals surface area contributed by atoms with Crippen LogP contribution in [-0.2, 0) is 15.7 Å². The maximum atomic E-state index is 12.9. The first-order valence-electron chi connectivity index (χ1n) is 8.26. The minimum atomic E-state index is -4.50. The number of rotatable bonds is 5. The summed E-state index contributed by atoms with van der Waals surface area (Å²) >= 11 is 0. The van der Waals surface area contributed by atoms with Gasteiger partial charge in [0.2, 0.25) is 6.29 Å². The molecule has 0 bridgehead atoms. The van der Waals surface area contributed by atoms with Crippen molar-refractivity contribution in [2.45, 2.75) is 19.4 Å². The van der Waals surface area contributed by atoms with Crippen molar-refractivity contribution in [1.29, 1.82) is 0 Å². The van der Waals surface area contributed by atoms with Gasteiger partial charge in [-0.1, -0.05) is 6.58 Å². The Hall–Kier alpha value is -3.40. The molecule has 0 aliphatic rings. The first kappa shape index (κ1) is 20.3. The predicted octanol–water partition coefficient (Wildman–Crippen LogP) is 3.56. The minimum absolute atomic E-state index is 0.0402. The van der Waals surface area contributed by atoms with E-state index in [4.69, 9.17) is 9.47 Å². The van der Waals surface area contributed by atoms with Gasteiger partial charge in [-0.3, -0.25) is 0 Å². The fraction of sp³-hybridized carbons (Fsp3) is 0.211. The molecule has 1 atom stereocenters. The minimum Gasteiger partial charge on any atom is -0.497 e. The Morgan fingerprint density at radius 2 is 1.86 bits per heavy atom. The zero-order valence-corrected chi connectivity index (χ0v) is 15.4. The van der Waals surface area contributed by atoms with Crippen molar-refractivity contribution in [3.8, 4) is 11.4 Å². The van der Waals surface area contributed by atoms with Crippen molar-refractivity contribution >= 4 is 17.0 Å². The molecule has 7 nitrogen and oxygen atoms in total. The second-order valence-corrected chi connectivity index (χ2v) is 6.19. The monoisotopic (exact) mass is 407 g/mol. The average molecular weight is 407 g/mol. The van der Waals surface area contributed by atoms with Crippen LogP contribution in [0.4, 0.5) is 13.2 Å². The van der Waals surface area contributed by atoms with E-state index in [9.17, 15) is 23.1 Å². The van der Waals surface area contributed by atoms with Crippen molar-refractivity contribution in [1.82, 2.24) is 15.0 Å². The molecule has 1 heterocycles. The van der Waals surface area contributed by atoms with Crippen LogP contribution < -0.4 is 4.74 Å². The van der Waals surface area contributed by atoms with Gasteiger partial charge in [0, 0.05) is 17.2 Å². The Labute approximate surface area is 163 Å². The van der Waals surface area contributed by atoms with Gasteiger partial charge in [-0.05, 0) is 37.3 Å². The standard InChI is InChI=1S/C19H16F3N3O4/c1-10(2)17(26)29-18(27)11-6-13(9-14(7-11)28-3)25-23-15-5-4-12(19(20,21)22)8-16(15)24-25/h4-9,18,27H,1H2,2-3H3. The van der Waals surface area contributed by atoms with E-state index in [2.05, 4.69) is 16.8 Å². The number of aliphatic hydroxyl groups is 1. The van der Waals surface area contributed by atoms with Gasteiger partial charge in [-0.2, -0.15) is 18.0 Å². The van der Waals surface area contributed by atoms with E-state index in [-0.39, 0.29) is 27.9 Å². The third-order valence-corrected chi connectivity index (χ3v) is 3.94. The maximum Gasteiger partial charge on any atom is 0.416 e. The lowest BCUT2D eigenvalue weighted by Crippen LogP contribution is -2.12. The molecule has 0 saturated heterocycles. The summed E-state index contributed by atoms with van der Waals surface area (Å²) < 4.78 is 48.8. The van der Waals surface area contributed by atoms with Crippen LogP contribution in [0.15, 0.2) is 48.6 Å². The largest absolute Gasteiger partial charge is 0.497 e. The zero-order valence-electron chi connectivity index (χ0n) is 15.4. The van der Waals surface area contributed by atoms with Gasteiger partial charge in [-0.25, -0.2) is 4.79 Å². The van der Waals surface area contributed by atoms with Crippen molar-refractivity contribution in [2.75, 3.05) is 7.11 Å². The van der Waals surface area contributed by atoms with Crippen molar-refractivity contribution in [3.63, 3.8) is 0 Å². The molecule has 1 unspecified atom stereocenters. The molecule has 3 aromatic rings.